The van der Waals surface area contributed by atoms with E-state index in [-0.39, 0.29) is 22.7 Å². The number of rotatable bonds is 3. The quantitative estimate of drug-likeness (QED) is 0.337. The first kappa shape index (κ1) is 19.5. The van der Waals surface area contributed by atoms with Gasteiger partial charge in [-0.25, -0.2) is 9.59 Å². The molecule has 3 aromatic rings. The molecule has 0 aliphatic carbocycles. The third kappa shape index (κ3) is 3.98. The summed E-state index contributed by atoms with van der Waals surface area (Å²) >= 11 is 0. The summed E-state index contributed by atoms with van der Waals surface area (Å²) in [7, 11) is 0. The van der Waals surface area contributed by atoms with Crippen LogP contribution >= 0.6 is 0 Å². The predicted molar refractivity (Wildman–Crippen MR) is 98.5 cm³/mol. The topological polar surface area (TPSA) is 65.7 Å². The van der Waals surface area contributed by atoms with Crippen LogP contribution in [0.2, 0.25) is 0 Å². The van der Waals surface area contributed by atoms with Gasteiger partial charge in [0, 0.05) is 17.2 Å². The van der Waals surface area contributed by atoms with Crippen LogP contribution in [0.15, 0.2) is 76.7 Å². The molecular formula is C22H13F3O5. The van der Waals surface area contributed by atoms with Gasteiger partial charge in [0.1, 0.15) is 17.1 Å². The zero-order chi connectivity index (χ0) is 21.3. The monoisotopic (exact) mass is 414 g/mol. The fourth-order valence-corrected chi connectivity index (χ4v) is 2.87. The second-order valence-electron chi connectivity index (χ2n) is 6.39. The minimum absolute atomic E-state index is 0.0875. The fourth-order valence-electron chi connectivity index (χ4n) is 2.87. The molecule has 152 valence electrons. The summed E-state index contributed by atoms with van der Waals surface area (Å²) in [5.41, 5.74) is -0.495. The lowest BCUT2D eigenvalue weighted by Crippen LogP contribution is -2.29. The summed E-state index contributed by atoms with van der Waals surface area (Å²) < 4.78 is 54.5. The SMILES string of the molecule is O=C1OC(c2ccccc2)OC(=O)C1=Cc1ccc(-c2cccc(C(F)(F)F)c2)o1. The molecule has 0 bridgehead atoms. The van der Waals surface area contributed by atoms with Crippen molar-refractivity contribution in [2.24, 2.45) is 0 Å². The zero-order valence-electron chi connectivity index (χ0n) is 15.2. The smallest absolute Gasteiger partial charge is 0.416 e. The fraction of sp³-hybridized carbons (Fsp3) is 0.0909. The molecule has 1 fully saturated rings. The maximum Gasteiger partial charge on any atom is 0.416 e. The Bertz CT molecular complexity index is 1110. The van der Waals surface area contributed by atoms with E-state index in [1.807, 2.05) is 0 Å². The van der Waals surface area contributed by atoms with Crippen LogP contribution in [0.5, 0.6) is 0 Å². The number of alkyl halides is 3. The molecule has 0 amide bonds. The number of furan rings is 1. The van der Waals surface area contributed by atoms with E-state index in [2.05, 4.69) is 0 Å². The van der Waals surface area contributed by atoms with Crippen molar-refractivity contribution in [3.63, 3.8) is 0 Å². The van der Waals surface area contributed by atoms with Crippen LogP contribution in [-0.4, -0.2) is 11.9 Å². The first-order valence-corrected chi connectivity index (χ1v) is 8.77. The molecule has 0 saturated carbocycles. The number of halogens is 3. The normalized spacial score (nSPS) is 16.8. The number of ether oxygens (including phenoxy) is 2. The lowest BCUT2D eigenvalue weighted by Gasteiger charge is -2.23. The highest BCUT2D eigenvalue weighted by atomic mass is 19.4. The number of esters is 2. The lowest BCUT2D eigenvalue weighted by molar-refractivity contribution is -0.195. The molecule has 2 heterocycles. The van der Waals surface area contributed by atoms with Crippen molar-refractivity contribution < 1.29 is 36.7 Å². The number of carbonyl (C=O) groups excluding carboxylic acids is 2. The van der Waals surface area contributed by atoms with Gasteiger partial charge >= 0.3 is 18.1 Å². The molecule has 0 unspecified atom stereocenters. The van der Waals surface area contributed by atoms with E-state index >= 15 is 0 Å². The molecular weight excluding hydrogens is 401 g/mol. The number of carbonyl (C=O) groups is 2. The third-order valence-electron chi connectivity index (χ3n) is 4.33. The van der Waals surface area contributed by atoms with Gasteiger partial charge in [0.2, 0.25) is 0 Å². The van der Waals surface area contributed by atoms with E-state index in [9.17, 15) is 22.8 Å². The van der Waals surface area contributed by atoms with E-state index in [0.717, 1.165) is 18.2 Å². The Morgan fingerprint density at radius 1 is 0.833 bits per heavy atom. The van der Waals surface area contributed by atoms with Crippen LogP contribution in [-0.2, 0) is 25.2 Å². The van der Waals surface area contributed by atoms with Gasteiger partial charge in [-0.2, -0.15) is 13.2 Å². The second-order valence-corrected chi connectivity index (χ2v) is 6.39. The number of hydrogen-bond acceptors (Lipinski definition) is 5. The zero-order valence-corrected chi connectivity index (χ0v) is 15.2. The van der Waals surface area contributed by atoms with Crippen LogP contribution in [0, 0.1) is 0 Å². The molecule has 0 radical (unpaired) electrons. The highest BCUT2D eigenvalue weighted by molar-refractivity contribution is 6.18. The van der Waals surface area contributed by atoms with E-state index in [1.54, 1.807) is 30.3 Å². The van der Waals surface area contributed by atoms with Gasteiger partial charge < -0.3 is 13.9 Å². The Kier molecular flexibility index (Phi) is 4.91. The summed E-state index contributed by atoms with van der Waals surface area (Å²) in [6, 6.07) is 16.0. The van der Waals surface area contributed by atoms with E-state index < -0.39 is 30.0 Å². The Morgan fingerprint density at radius 3 is 2.20 bits per heavy atom. The molecule has 5 nitrogen and oxygen atoms in total. The largest absolute Gasteiger partial charge is 0.457 e. The van der Waals surface area contributed by atoms with Gasteiger partial charge in [-0.15, -0.1) is 0 Å². The van der Waals surface area contributed by atoms with Crippen molar-refractivity contribution in [3.05, 3.63) is 89.2 Å². The third-order valence-corrected chi connectivity index (χ3v) is 4.33. The average molecular weight is 414 g/mol. The van der Waals surface area contributed by atoms with Gasteiger partial charge in [0.25, 0.3) is 6.29 Å². The predicted octanol–water partition coefficient (Wildman–Crippen LogP) is 5.15. The van der Waals surface area contributed by atoms with Gasteiger partial charge in [0.15, 0.2) is 0 Å². The molecule has 1 aromatic heterocycles. The molecule has 0 N–H and O–H groups in total. The Hall–Kier alpha value is -3.81. The van der Waals surface area contributed by atoms with E-state index in [1.165, 1.54) is 24.3 Å². The maximum atomic E-state index is 12.9. The number of cyclic esters (lactones) is 2. The molecule has 1 aliphatic rings. The van der Waals surface area contributed by atoms with Gasteiger partial charge in [-0.05, 0) is 24.3 Å². The summed E-state index contributed by atoms with van der Waals surface area (Å²) in [4.78, 5) is 24.5. The first-order valence-electron chi connectivity index (χ1n) is 8.77. The summed E-state index contributed by atoms with van der Waals surface area (Å²) in [5.74, 6) is -1.55. The van der Waals surface area contributed by atoms with Crippen molar-refractivity contribution in [2.75, 3.05) is 0 Å². The van der Waals surface area contributed by atoms with Gasteiger partial charge in [-0.3, -0.25) is 0 Å². The van der Waals surface area contributed by atoms with Crippen molar-refractivity contribution in [3.8, 4) is 11.3 Å². The van der Waals surface area contributed by atoms with E-state index in [0.29, 0.717) is 5.56 Å². The number of hydrogen-bond donors (Lipinski definition) is 0. The minimum Gasteiger partial charge on any atom is -0.457 e. The summed E-state index contributed by atoms with van der Waals surface area (Å²) in [5, 5.41) is 0. The first-order chi connectivity index (χ1) is 14.3. The molecule has 0 spiro atoms. The highest BCUT2D eigenvalue weighted by Gasteiger charge is 2.35. The second kappa shape index (κ2) is 7.55. The Morgan fingerprint density at radius 2 is 1.53 bits per heavy atom. The van der Waals surface area contributed by atoms with Crippen LogP contribution in [0.25, 0.3) is 17.4 Å². The Labute approximate surface area is 168 Å². The van der Waals surface area contributed by atoms with Crippen LogP contribution in [0.3, 0.4) is 0 Å². The minimum atomic E-state index is -4.49. The molecule has 4 rings (SSSR count). The molecule has 30 heavy (non-hydrogen) atoms. The van der Waals surface area contributed by atoms with E-state index in [4.69, 9.17) is 13.9 Å². The van der Waals surface area contributed by atoms with Crippen molar-refractivity contribution in [1.29, 1.82) is 0 Å². The van der Waals surface area contributed by atoms with Crippen molar-refractivity contribution >= 4 is 18.0 Å². The van der Waals surface area contributed by atoms with Gasteiger partial charge in [-0.1, -0.05) is 42.5 Å². The van der Waals surface area contributed by atoms with Crippen molar-refractivity contribution in [2.45, 2.75) is 12.5 Å². The van der Waals surface area contributed by atoms with Crippen LogP contribution < -0.4 is 0 Å². The van der Waals surface area contributed by atoms with Gasteiger partial charge in [0.05, 0.1) is 5.56 Å². The van der Waals surface area contributed by atoms with Crippen LogP contribution in [0.1, 0.15) is 23.2 Å². The molecule has 0 atom stereocenters. The number of benzene rings is 2. The molecule has 8 heteroatoms. The van der Waals surface area contributed by atoms with Crippen LogP contribution in [0.4, 0.5) is 13.2 Å². The standard InChI is InChI=1S/C22H13F3O5/c23-22(24,25)15-8-4-7-14(11-15)18-10-9-16(28-18)12-17-19(26)29-21(30-20(17)27)13-5-2-1-3-6-13/h1-12,21H. The highest BCUT2D eigenvalue weighted by Crippen LogP contribution is 2.33. The summed E-state index contributed by atoms with van der Waals surface area (Å²) in [6.07, 6.45) is -4.51. The lowest BCUT2D eigenvalue weighted by atomic mass is 10.1. The average Bonchev–Trinajstić information content (AvgIpc) is 3.19. The molecule has 1 saturated heterocycles. The molecule has 1 aliphatic heterocycles. The Balaban J connectivity index is 1.56. The van der Waals surface area contributed by atoms with Crippen molar-refractivity contribution in [1.82, 2.24) is 0 Å². The summed E-state index contributed by atoms with van der Waals surface area (Å²) in [6.45, 7) is 0. The molecule has 2 aromatic carbocycles. The maximum absolute atomic E-state index is 12.9.